The molecule has 41 heavy (non-hydrogen) atoms. The average Bonchev–Trinajstić information content (AvgIpc) is 3.59. The molecule has 3 N–H and O–H groups in total. The van der Waals surface area contributed by atoms with Crippen molar-refractivity contribution < 1.29 is 23.4 Å². The third-order valence-electron chi connectivity index (χ3n) is 7.63. The number of halogens is 2. The Kier molecular flexibility index (Phi) is 7.02. The van der Waals surface area contributed by atoms with Gasteiger partial charge in [-0.25, -0.2) is 28.5 Å². The highest BCUT2D eigenvalue weighted by Gasteiger charge is 2.56. The Balaban J connectivity index is 1.26. The molecular formula is C30H30F2N6O3. The Morgan fingerprint density at radius 2 is 1.98 bits per heavy atom. The lowest BCUT2D eigenvalue weighted by molar-refractivity contribution is 0.101. The number of pyridine rings is 1. The maximum absolute atomic E-state index is 13.4. The van der Waals surface area contributed by atoms with Crippen LogP contribution in [0, 0.1) is 12.8 Å². The van der Waals surface area contributed by atoms with Gasteiger partial charge in [0.05, 0.1) is 11.3 Å². The Labute approximate surface area is 235 Å². The normalized spacial score (nSPS) is 19.5. The highest BCUT2D eigenvalue weighted by molar-refractivity contribution is 5.98. The molecule has 1 saturated carbocycles. The minimum absolute atomic E-state index is 0.0810. The lowest BCUT2D eigenvalue weighted by Crippen LogP contribution is -2.44. The quantitative estimate of drug-likeness (QED) is 0.227. The number of likely N-dealkylation sites (tertiary alicyclic amines) is 1. The minimum Gasteiger partial charge on any atom is -0.465 e. The number of piperidine rings is 1. The Hall–Kier alpha value is -4.54. The van der Waals surface area contributed by atoms with E-state index in [1.54, 1.807) is 24.5 Å². The molecule has 1 saturated heterocycles. The van der Waals surface area contributed by atoms with Crippen molar-refractivity contribution in [1.82, 2.24) is 19.9 Å². The van der Waals surface area contributed by atoms with Gasteiger partial charge in [0, 0.05) is 66.9 Å². The van der Waals surface area contributed by atoms with Crippen molar-refractivity contribution in [3.05, 3.63) is 66.5 Å². The molecule has 0 bridgehead atoms. The summed E-state index contributed by atoms with van der Waals surface area (Å²) in [6, 6.07) is 14.9. The van der Waals surface area contributed by atoms with Gasteiger partial charge in [-0.3, -0.25) is 0 Å². The van der Waals surface area contributed by atoms with Crippen LogP contribution in [0.15, 0.2) is 60.9 Å². The molecule has 11 heteroatoms. The van der Waals surface area contributed by atoms with Crippen LogP contribution in [0.1, 0.15) is 24.8 Å². The predicted molar refractivity (Wildman–Crippen MR) is 152 cm³/mol. The summed E-state index contributed by atoms with van der Waals surface area (Å²) in [5.41, 5.74) is 2.93. The van der Waals surface area contributed by atoms with Gasteiger partial charge in [-0.15, -0.1) is 0 Å². The van der Waals surface area contributed by atoms with Gasteiger partial charge in [0.2, 0.25) is 11.8 Å². The molecule has 9 nitrogen and oxygen atoms in total. The molecule has 0 spiro atoms. The fourth-order valence-corrected chi connectivity index (χ4v) is 5.25. The molecule has 212 valence electrons. The molecule has 4 aromatic rings. The summed E-state index contributed by atoms with van der Waals surface area (Å²) in [7, 11) is 0. The van der Waals surface area contributed by atoms with Crippen LogP contribution in [0.4, 0.5) is 25.2 Å². The first-order valence-corrected chi connectivity index (χ1v) is 13.6. The monoisotopic (exact) mass is 560 g/mol. The van der Waals surface area contributed by atoms with E-state index in [-0.39, 0.29) is 19.0 Å². The second-order valence-electron chi connectivity index (χ2n) is 10.6. The van der Waals surface area contributed by atoms with E-state index >= 15 is 0 Å². The molecule has 3 heterocycles. The fraction of sp³-hybridized carbons (Fsp3) is 0.333. The Morgan fingerprint density at radius 3 is 2.78 bits per heavy atom. The van der Waals surface area contributed by atoms with Crippen molar-refractivity contribution in [2.75, 3.05) is 30.3 Å². The van der Waals surface area contributed by atoms with Crippen molar-refractivity contribution in [1.29, 1.82) is 0 Å². The number of rotatable bonds is 8. The van der Waals surface area contributed by atoms with Gasteiger partial charge in [0.1, 0.15) is 5.75 Å². The van der Waals surface area contributed by atoms with E-state index in [0.29, 0.717) is 41.9 Å². The summed E-state index contributed by atoms with van der Waals surface area (Å²) in [5.74, 6) is -1.85. The van der Waals surface area contributed by atoms with Gasteiger partial charge in [-0.2, -0.15) is 0 Å². The summed E-state index contributed by atoms with van der Waals surface area (Å²) in [6.45, 7) is 3.04. The number of carbonyl (C=O) groups is 1. The molecule has 1 aliphatic heterocycles. The number of nitrogens with zero attached hydrogens (tertiary/aromatic N) is 4. The molecule has 2 aromatic heterocycles. The van der Waals surface area contributed by atoms with Crippen molar-refractivity contribution in [3.8, 4) is 22.9 Å². The first kappa shape index (κ1) is 26.7. The van der Waals surface area contributed by atoms with E-state index in [9.17, 15) is 18.7 Å². The number of aryl methyl sites for hydroxylation is 1. The lowest BCUT2D eigenvalue weighted by Gasteiger charge is -2.31. The number of hydrogen-bond donors (Lipinski definition) is 3. The number of carboxylic acid groups (broad SMARTS) is 1. The SMILES string of the molecule is Cc1ccc2c(NC[C@@H]3CC3(F)F)cccc2c1Oc1ncccc1-c1ccnc(NC2CCCN(C(=O)O)C2)n1. The van der Waals surface area contributed by atoms with Crippen LogP contribution in [-0.4, -0.2) is 62.7 Å². The van der Waals surface area contributed by atoms with Gasteiger partial charge >= 0.3 is 6.09 Å². The summed E-state index contributed by atoms with van der Waals surface area (Å²) < 4.78 is 33.3. The molecule has 1 aliphatic carbocycles. The summed E-state index contributed by atoms with van der Waals surface area (Å²) >= 11 is 0. The van der Waals surface area contributed by atoms with Crippen molar-refractivity contribution in [3.63, 3.8) is 0 Å². The molecule has 2 aliphatic rings. The van der Waals surface area contributed by atoms with Gasteiger partial charge in [0.25, 0.3) is 5.92 Å². The maximum Gasteiger partial charge on any atom is 0.407 e. The topological polar surface area (TPSA) is 112 Å². The number of hydrogen-bond acceptors (Lipinski definition) is 7. The first-order valence-electron chi connectivity index (χ1n) is 13.6. The Morgan fingerprint density at radius 1 is 1.12 bits per heavy atom. The van der Waals surface area contributed by atoms with E-state index in [1.165, 1.54) is 4.90 Å². The summed E-state index contributed by atoms with van der Waals surface area (Å²) in [4.78, 5) is 26.3. The molecule has 1 amide bonds. The van der Waals surface area contributed by atoms with Gasteiger partial charge in [0.15, 0.2) is 0 Å². The van der Waals surface area contributed by atoms with E-state index in [2.05, 4.69) is 25.6 Å². The predicted octanol–water partition coefficient (Wildman–Crippen LogP) is 6.41. The van der Waals surface area contributed by atoms with Crippen LogP contribution in [-0.2, 0) is 0 Å². The fourth-order valence-electron chi connectivity index (χ4n) is 5.25. The average molecular weight is 561 g/mol. The summed E-state index contributed by atoms with van der Waals surface area (Å²) in [5, 5.41) is 17.5. The van der Waals surface area contributed by atoms with Crippen molar-refractivity contribution in [2.24, 2.45) is 5.92 Å². The molecule has 2 atom stereocenters. The molecule has 0 radical (unpaired) electrons. The van der Waals surface area contributed by atoms with Crippen LogP contribution in [0.3, 0.4) is 0 Å². The zero-order valence-corrected chi connectivity index (χ0v) is 22.5. The second-order valence-corrected chi connectivity index (χ2v) is 10.6. The lowest BCUT2D eigenvalue weighted by atomic mass is 10.0. The first-order chi connectivity index (χ1) is 19.8. The van der Waals surface area contributed by atoms with Crippen molar-refractivity contribution >= 4 is 28.5 Å². The van der Waals surface area contributed by atoms with Crippen LogP contribution in [0.2, 0.25) is 0 Å². The second kappa shape index (κ2) is 10.8. The smallest absolute Gasteiger partial charge is 0.407 e. The third kappa shape index (κ3) is 5.70. The van der Waals surface area contributed by atoms with E-state index < -0.39 is 17.9 Å². The highest BCUT2D eigenvalue weighted by Crippen LogP contribution is 2.48. The number of fused-ring (bicyclic) bond motifs is 1. The zero-order valence-electron chi connectivity index (χ0n) is 22.5. The van der Waals surface area contributed by atoms with Crippen LogP contribution in [0.25, 0.3) is 22.0 Å². The number of nitrogens with one attached hydrogen (secondary N) is 2. The Bertz CT molecular complexity index is 1600. The van der Waals surface area contributed by atoms with Crippen LogP contribution < -0.4 is 15.4 Å². The molecule has 2 fully saturated rings. The zero-order chi connectivity index (χ0) is 28.6. The molecule has 1 unspecified atom stereocenters. The van der Waals surface area contributed by atoms with E-state index in [4.69, 9.17) is 4.74 Å². The number of ether oxygens (including phenoxy) is 1. The maximum atomic E-state index is 13.4. The van der Waals surface area contributed by atoms with Crippen molar-refractivity contribution in [2.45, 2.75) is 38.2 Å². The number of amides is 1. The number of aromatic nitrogens is 3. The van der Waals surface area contributed by atoms with Gasteiger partial charge in [-0.1, -0.05) is 24.3 Å². The molecule has 6 rings (SSSR count). The third-order valence-corrected chi connectivity index (χ3v) is 7.63. The molecular weight excluding hydrogens is 530 g/mol. The van der Waals surface area contributed by atoms with E-state index in [1.807, 2.05) is 43.3 Å². The highest BCUT2D eigenvalue weighted by atomic mass is 19.3. The van der Waals surface area contributed by atoms with Crippen LogP contribution in [0.5, 0.6) is 11.6 Å². The number of anilines is 2. The summed E-state index contributed by atoms with van der Waals surface area (Å²) in [6.07, 6.45) is 3.86. The van der Waals surface area contributed by atoms with E-state index in [0.717, 1.165) is 34.9 Å². The van der Waals surface area contributed by atoms with Crippen LogP contribution >= 0.6 is 0 Å². The number of alkyl halides is 2. The van der Waals surface area contributed by atoms with Gasteiger partial charge in [-0.05, 0) is 49.6 Å². The van der Waals surface area contributed by atoms with Gasteiger partial charge < -0.3 is 25.4 Å². The molecule has 2 aromatic carbocycles. The standard InChI is InChI=1S/C30H30F2N6O3/c1-18-9-10-21-22(6-2-8-24(21)35-16-19-15-30(19,31)32)26(18)41-27-23(7-3-12-33-27)25-11-13-34-28(37-25)36-20-5-4-14-38(17-20)29(39)40/h2-3,6-13,19-20,35H,4-5,14-17H2,1H3,(H,39,40)(H,34,36,37)/t19-,20?/m0/s1. The largest absolute Gasteiger partial charge is 0.465 e. The number of benzene rings is 2. The minimum atomic E-state index is -2.58.